The number of halogens is 6. The van der Waals surface area contributed by atoms with Gasteiger partial charge in [-0.15, -0.1) is 0 Å². The summed E-state index contributed by atoms with van der Waals surface area (Å²) >= 11 is 0. The molecule has 0 fully saturated rings. The molecule has 3 aromatic carbocycles. The topological polar surface area (TPSA) is 83.4 Å². The van der Waals surface area contributed by atoms with Crippen LogP contribution >= 0.6 is 0 Å². The number of carboxylic acid groups (broad SMARTS) is 1. The largest absolute Gasteiger partial charge is 0.478 e. The van der Waals surface area contributed by atoms with Crippen molar-refractivity contribution in [2.24, 2.45) is 7.05 Å². The van der Waals surface area contributed by atoms with Gasteiger partial charge in [0.2, 0.25) is 0 Å². The Morgan fingerprint density at radius 3 is 1.97 bits per heavy atom. The van der Waals surface area contributed by atoms with Crippen molar-refractivity contribution in [3.8, 4) is 0 Å². The van der Waals surface area contributed by atoms with E-state index in [2.05, 4.69) is 10.6 Å². The molecule has 0 saturated heterocycles. The highest BCUT2D eigenvalue weighted by Crippen LogP contribution is 2.40. The number of nitrogens with one attached hydrogen (secondary N) is 2. The van der Waals surface area contributed by atoms with Gasteiger partial charge in [0.25, 0.3) is 5.91 Å². The number of rotatable bonds is 6. The molecule has 4 rings (SSSR count). The molecule has 0 aliphatic rings. The highest BCUT2D eigenvalue weighted by Gasteiger charge is 2.37. The molecule has 0 spiro atoms. The predicted molar refractivity (Wildman–Crippen MR) is 132 cm³/mol. The number of anilines is 2. The van der Waals surface area contributed by atoms with Gasteiger partial charge in [-0.25, -0.2) is 4.79 Å². The number of amides is 1. The second kappa shape index (κ2) is 10.0. The molecule has 1 amide bonds. The fraction of sp³-hybridized carbons (Fsp3) is 0.185. The first-order chi connectivity index (χ1) is 18.2. The SMILES string of the molecule is C[C@H](NC(=O)c1c(Nc2cc(C(F)(F)F)cc(C(F)(F)F)c2)c2ccccc2n1C)c1ccc(C(=O)O)cc1. The number of fused-ring (bicyclic) bond motifs is 1. The zero-order valence-corrected chi connectivity index (χ0v) is 20.4. The summed E-state index contributed by atoms with van der Waals surface area (Å²) in [6.45, 7) is 1.64. The lowest BCUT2D eigenvalue weighted by Gasteiger charge is -2.18. The Morgan fingerprint density at radius 2 is 1.44 bits per heavy atom. The van der Waals surface area contributed by atoms with E-state index in [0.29, 0.717) is 28.6 Å². The lowest BCUT2D eigenvalue weighted by atomic mass is 10.1. The molecule has 1 aromatic heterocycles. The minimum Gasteiger partial charge on any atom is -0.478 e. The van der Waals surface area contributed by atoms with Crippen molar-refractivity contribution in [2.75, 3.05) is 5.32 Å². The highest BCUT2D eigenvalue weighted by molar-refractivity contribution is 6.09. The van der Waals surface area contributed by atoms with Gasteiger partial charge in [-0.1, -0.05) is 30.3 Å². The number of carbonyl (C=O) groups excluding carboxylic acids is 1. The third kappa shape index (κ3) is 5.69. The first-order valence-electron chi connectivity index (χ1n) is 11.4. The van der Waals surface area contributed by atoms with E-state index >= 15 is 0 Å². The second-order valence-corrected chi connectivity index (χ2v) is 8.84. The van der Waals surface area contributed by atoms with Crippen LogP contribution in [-0.4, -0.2) is 21.6 Å². The molecule has 1 atom stereocenters. The molecule has 4 aromatic rings. The van der Waals surface area contributed by atoms with Crippen LogP contribution in [0.2, 0.25) is 0 Å². The quantitative estimate of drug-likeness (QED) is 0.223. The summed E-state index contributed by atoms with van der Waals surface area (Å²) in [5, 5.41) is 14.9. The number of nitrogens with zero attached hydrogens (tertiary/aromatic N) is 1. The van der Waals surface area contributed by atoms with Crippen molar-refractivity contribution in [3.05, 3.63) is 94.7 Å². The predicted octanol–water partition coefficient (Wildman–Crippen LogP) is 7.15. The van der Waals surface area contributed by atoms with E-state index in [4.69, 9.17) is 5.11 Å². The number of hydrogen-bond donors (Lipinski definition) is 3. The van der Waals surface area contributed by atoms with Gasteiger partial charge >= 0.3 is 18.3 Å². The maximum atomic E-state index is 13.4. The van der Waals surface area contributed by atoms with Crippen molar-refractivity contribution in [1.29, 1.82) is 0 Å². The molecule has 204 valence electrons. The average Bonchev–Trinajstić information content (AvgIpc) is 3.14. The van der Waals surface area contributed by atoms with E-state index in [1.54, 1.807) is 38.2 Å². The first kappa shape index (κ1) is 27.6. The molecule has 6 nitrogen and oxygen atoms in total. The number of alkyl halides is 6. The molecule has 12 heteroatoms. The fourth-order valence-corrected chi connectivity index (χ4v) is 4.22. The molecule has 0 bridgehead atoms. The van der Waals surface area contributed by atoms with Crippen molar-refractivity contribution >= 4 is 34.2 Å². The van der Waals surface area contributed by atoms with Gasteiger partial charge in [0.05, 0.1) is 33.9 Å². The van der Waals surface area contributed by atoms with Gasteiger partial charge in [0, 0.05) is 18.1 Å². The van der Waals surface area contributed by atoms with Crippen molar-refractivity contribution in [2.45, 2.75) is 25.3 Å². The van der Waals surface area contributed by atoms with Crippen LogP contribution in [0.4, 0.5) is 37.7 Å². The number of carbonyl (C=O) groups is 2. The Kier molecular flexibility index (Phi) is 7.07. The zero-order valence-electron chi connectivity index (χ0n) is 20.4. The zero-order chi connectivity index (χ0) is 28.7. The van der Waals surface area contributed by atoms with E-state index in [1.165, 1.54) is 28.8 Å². The van der Waals surface area contributed by atoms with Gasteiger partial charge < -0.3 is 20.3 Å². The standard InChI is InChI=1S/C27H21F6N3O3/c1-14(15-7-9-16(10-8-15)25(38)39)34-24(37)23-22(20-5-3-4-6-21(20)36(23)2)35-19-12-17(26(28,29)30)11-18(13-19)27(31,32)33/h3-14,35H,1-2H3,(H,34,37)(H,38,39)/t14-/m0/s1. The summed E-state index contributed by atoms with van der Waals surface area (Å²) in [4.78, 5) is 24.5. The number of hydrogen-bond acceptors (Lipinski definition) is 3. The molecule has 0 unspecified atom stereocenters. The van der Waals surface area contributed by atoms with Crippen molar-refractivity contribution in [1.82, 2.24) is 9.88 Å². The number of aromatic nitrogens is 1. The van der Waals surface area contributed by atoms with Crippen LogP contribution in [0, 0.1) is 0 Å². The Hall–Kier alpha value is -4.48. The Labute approximate surface area is 217 Å². The molecular weight excluding hydrogens is 528 g/mol. The molecule has 39 heavy (non-hydrogen) atoms. The van der Waals surface area contributed by atoms with Crippen LogP contribution in [0.3, 0.4) is 0 Å². The number of benzene rings is 3. The summed E-state index contributed by atoms with van der Waals surface area (Å²) in [6.07, 6.45) is -10.1. The van der Waals surface area contributed by atoms with Crippen LogP contribution in [0.15, 0.2) is 66.7 Å². The van der Waals surface area contributed by atoms with Crippen LogP contribution in [0.25, 0.3) is 10.9 Å². The van der Waals surface area contributed by atoms with Crippen LogP contribution in [0.5, 0.6) is 0 Å². The van der Waals surface area contributed by atoms with E-state index < -0.39 is 47.1 Å². The molecule has 0 radical (unpaired) electrons. The second-order valence-electron chi connectivity index (χ2n) is 8.84. The fourth-order valence-electron chi connectivity index (χ4n) is 4.22. The Balaban J connectivity index is 1.76. The summed E-state index contributed by atoms with van der Waals surface area (Å²) in [5.41, 5.74) is -2.37. The molecule has 3 N–H and O–H groups in total. The van der Waals surface area contributed by atoms with Crippen molar-refractivity contribution < 1.29 is 41.0 Å². The molecule has 0 aliphatic carbocycles. The van der Waals surface area contributed by atoms with E-state index in [-0.39, 0.29) is 23.0 Å². The Bertz CT molecular complexity index is 1520. The Morgan fingerprint density at radius 1 is 0.872 bits per heavy atom. The van der Waals surface area contributed by atoms with Crippen molar-refractivity contribution in [3.63, 3.8) is 0 Å². The van der Waals surface area contributed by atoms with Gasteiger partial charge in [-0.3, -0.25) is 4.79 Å². The highest BCUT2D eigenvalue weighted by atomic mass is 19.4. The maximum absolute atomic E-state index is 13.4. The summed E-state index contributed by atoms with van der Waals surface area (Å²) in [7, 11) is 1.54. The minimum absolute atomic E-state index is 0.0199. The third-order valence-corrected chi connectivity index (χ3v) is 6.18. The number of carboxylic acids is 1. The van der Waals surface area contributed by atoms with Gasteiger partial charge in [-0.05, 0) is 48.9 Å². The van der Waals surface area contributed by atoms with E-state index in [0.717, 1.165) is 0 Å². The van der Waals surface area contributed by atoms with Crippen LogP contribution in [0.1, 0.15) is 50.5 Å². The monoisotopic (exact) mass is 549 g/mol. The average molecular weight is 549 g/mol. The lowest BCUT2D eigenvalue weighted by Crippen LogP contribution is -2.29. The van der Waals surface area contributed by atoms with E-state index in [9.17, 15) is 35.9 Å². The smallest absolute Gasteiger partial charge is 0.416 e. The number of aromatic carboxylic acids is 1. The van der Waals surface area contributed by atoms with Gasteiger partial charge in [0.15, 0.2) is 0 Å². The maximum Gasteiger partial charge on any atom is 0.416 e. The number of aryl methyl sites for hydroxylation is 1. The number of para-hydroxylation sites is 1. The first-order valence-corrected chi connectivity index (χ1v) is 11.4. The van der Waals surface area contributed by atoms with E-state index in [1.807, 2.05) is 0 Å². The summed E-state index contributed by atoms with van der Waals surface area (Å²) in [6, 6.07) is 12.8. The molecule has 0 aliphatic heterocycles. The molecule has 0 saturated carbocycles. The van der Waals surface area contributed by atoms with Crippen LogP contribution < -0.4 is 10.6 Å². The lowest BCUT2D eigenvalue weighted by molar-refractivity contribution is -0.143. The minimum atomic E-state index is -5.04. The van der Waals surface area contributed by atoms with Crippen LogP contribution in [-0.2, 0) is 19.4 Å². The normalized spacial score (nSPS) is 12.8. The summed E-state index contributed by atoms with van der Waals surface area (Å²) < 4.78 is 82.0. The third-order valence-electron chi connectivity index (χ3n) is 6.18. The molecular formula is C27H21F6N3O3. The summed E-state index contributed by atoms with van der Waals surface area (Å²) in [5.74, 6) is -1.78. The molecule has 1 heterocycles. The van der Waals surface area contributed by atoms with Gasteiger partial charge in [-0.2, -0.15) is 26.3 Å². The van der Waals surface area contributed by atoms with Gasteiger partial charge in [0.1, 0.15) is 5.69 Å².